The molecule has 1 aliphatic carbocycles. The number of likely N-dealkylation sites (N-methyl/N-ethyl adjacent to an activating group) is 1. The molecule has 0 aliphatic heterocycles. The van der Waals surface area contributed by atoms with Gasteiger partial charge in [-0.05, 0) is 49.8 Å². The van der Waals surface area contributed by atoms with Crippen molar-refractivity contribution in [1.29, 1.82) is 0 Å². The van der Waals surface area contributed by atoms with Crippen LogP contribution in [-0.4, -0.2) is 6.54 Å². The predicted molar refractivity (Wildman–Crippen MR) is 58.5 cm³/mol. The standard InChI is InChI=1S/C12H19N/c1-4-12(13-5-2)11-9-7-6-8-10(11)3/h4,13H,1,3,5-9H2,2H3/b12-11+. The second-order valence-electron chi connectivity index (χ2n) is 3.44. The van der Waals surface area contributed by atoms with Gasteiger partial charge < -0.3 is 5.32 Å². The molecule has 1 nitrogen and oxygen atoms in total. The van der Waals surface area contributed by atoms with Crippen molar-refractivity contribution in [2.45, 2.75) is 32.6 Å². The van der Waals surface area contributed by atoms with E-state index in [1.807, 2.05) is 6.08 Å². The molecule has 0 bridgehead atoms. The fourth-order valence-corrected chi connectivity index (χ4v) is 1.79. The van der Waals surface area contributed by atoms with Crippen LogP contribution in [-0.2, 0) is 0 Å². The Hall–Kier alpha value is -0.980. The molecule has 1 heteroatoms. The summed E-state index contributed by atoms with van der Waals surface area (Å²) in [5.41, 5.74) is 3.87. The lowest BCUT2D eigenvalue weighted by Crippen LogP contribution is -2.15. The van der Waals surface area contributed by atoms with E-state index < -0.39 is 0 Å². The van der Waals surface area contributed by atoms with Crippen molar-refractivity contribution in [1.82, 2.24) is 5.32 Å². The number of nitrogens with one attached hydrogen (secondary N) is 1. The first-order valence-electron chi connectivity index (χ1n) is 5.07. The van der Waals surface area contributed by atoms with Crippen LogP contribution in [0.25, 0.3) is 0 Å². The van der Waals surface area contributed by atoms with Crippen LogP contribution in [0.2, 0.25) is 0 Å². The molecule has 0 amide bonds. The highest BCUT2D eigenvalue weighted by atomic mass is 14.9. The molecule has 72 valence electrons. The molecule has 1 rings (SSSR count). The summed E-state index contributed by atoms with van der Waals surface area (Å²) < 4.78 is 0. The highest BCUT2D eigenvalue weighted by molar-refractivity contribution is 5.38. The first-order chi connectivity index (χ1) is 6.29. The van der Waals surface area contributed by atoms with Crippen LogP contribution in [0.4, 0.5) is 0 Å². The number of hydrogen-bond donors (Lipinski definition) is 1. The minimum Gasteiger partial charge on any atom is -0.385 e. The van der Waals surface area contributed by atoms with E-state index in [2.05, 4.69) is 25.4 Å². The summed E-state index contributed by atoms with van der Waals surface area (Å²) in [5.74, 6) is 0. The van der Waals surface area contributed by atoms with Gasteiger partial charge in [-0.1, -0.05) is 13.2 Å². The minimum atomic E-state index is 0.956. The van der Waals surface area contributed by atoms with Crippen LogP contribution >= 0.6 is 0 Å². The van der Waals surface area contributed by atoms with Crippen LogP contribution in [0.1, 0.15) is 32.6 Å². The van der Waals surface area contributed by atoms with Gasteiger partial charge in [-0.3, -0.25) is 0 Å². The average molecular weight is 177 g/mol. The molecule has 0 saturated heterocycles. The molecule has 1 saturated carbocycles. The van der Waals surface area contributed by atoms with E-state index in [0.717, 1.165) is 19.4 Å². The first kappa shape index (κ1) is 10.1. The van der Waals surface area contributed by atoms with E-state index in [1.54, 1.807) is 0 Å². The summed E-state index contributed by atoms with van der Waals surface area (Å²) in [6.45, 7) is 11.0. The number of allylic oxidation sites excluding steroid dienone is 3. The molecule has 1 fully saturated rings. The maximum Gasteiger partial charge on any atom is 0.0369 e. The fourth-order valence-electron chi connectivity index (χ4n) is 1.79. The van der Waals surface area contributed by atoms with Gasteiger partial charge in [0.2, 0.25) is 0 Å². The Bertz CT molecular complexity index is 236. The molecule has 13 heavy (non-hydrogen) atoms. The quantitative estimate of drug-likeness (QED) is 0.698. The topological polar surface area (TPSA) is 12.0 Å². The van der Waals surface area contributed by atoms with E-state index in [1.165, 1.54) is 29.7 Å². The average Bonchev–Trinajstić information content (AvgIpc) is 2.16. The van der Waals surface area contributed by atoms with Crippen molar-refractivity contribution in [3.8, 4) is 0 Å². The fraction of sp³-hybridized carbons (Fsp3) is 0.500. The van der Waals surface area contributed by atoms with Crippen LogP contribution in [0.3, 0.4) is 0 Å². The molecule has 1 N–H and O–H groups in total. The highest BCUT2D eigenvalue weighted by Crippen LogP contribution is 2.29. The molecular formula is C12H19N. The lowest BCUT2D eigenvalue weighted by Gasteiger charge is -2.20. The molecule has 0 atom stereocenters. The lowest BCUT2D eigenvalue weighted by atomic mass is 9.89. The first-order valence-corrected chi connectivity index (χ1v) is 5.07. The Labute approximate surface area is 81.2 Å². The summed E-state index contributed by atoms with van der Waals surface area (Å²) in [5, 5.41) is 3.33. The van der Waals surface area contributed by atoms with Gasteiger partial charge in [-0.2, -0.15) is 0 Å². The van der Waals surface area contributed by atoms with Crippen molar-refractivity contribution in [2.75, 3.05) is 6.54 Å². The Morgan fingerprint density at radius 1 is 1.46 bits per heavy atom. The highest BCUT2D eigenvalue weighted by Gasteiger charge is 2.12. The zero-order valence-corrected chi connectivity index (χ0v) is 8.53. The third kappa shape index (κ3) is 2.48. The molecule has 0 aromatic carbocycles. The molecule has 1 aliphatic rings. The van der Waals surface area contributed by atoms with Gasteiger partial charge in [-0.15, -0.1) is 0 Å². The van der Waals surface area contributed by atoms with Gasteiger partial charge >= 0.3 is 0 Å². The van der Waals surface area contributed by atoms with Gasteiger partial charge in [-0.25, -0.2) is 0 Å². The molecule has 0 aromatic heterocycles. The second kappa shape index (κ2) is 4.90. The van der Waals surface area contributed by atoms with Gasteiger partial charge in [0, 0.05) is 12.2 Å². The van der Waals surface area contributed by atoms with Gasteiger partial charge in [0.05, 0.1) is 0 Å². The van der Waals surface area contributed by atoms with E-state index in [4.69, 9.17) is 0 Å². The zero-order chi connectivity index (χ0) is 9.68. The number of hydrogen-bond acceptors (Lipinski definition) is 1. The molecule has 0 heterocycles. The number of rotatable bonds is 3. The van der Waals surface area contributed by atoms with Crippen molar-refractivity contribution >= 4 is 0 Å². The van der Waals surface area contributed by atoms with Crippen LogP contribution in [0.5, 0.6) is 0 Å². The third-order valence-electron chi connectivity index (χ3n) is 2.48. The Kier molecular flexibility index (Phi) is 3.81. The van der Waals surface area contributed by atoms with E-state index >= 15 is 0 Å². The monoisotopic (exact) mass is 177 g/mol. The molecule has 0 radical (unpaired) electrons. The lowest BCUT2D eigenvalue weighted by molar-refractivity contribution is 0.668. The molecule has 0 unspecified atom stereocenters. The van der Waals surface area contributed by atoms with Crippen LogP contribution < -0.4 is 5.32 Å². The van der Waals surface area contributed by atoms with E-state index in [9.17, 15) is 0 Å². The molecule has 0 aromatic rings. The normalized spacial score (nSPS) is 21.2. The molecule has 0 spiro atoms. The second-order valence-corrected chi connectivity index (χ2v) is 3.44. The van der Waals surface area contributed by atoms with Crippen molar-refractivity contribution < 1.29 is 0 Å². The summed E-state index contributed by atoms with van der Waals surface area (Å²) in [6, 6.07) is 0. The summed E-state index contributed by atoms with van der Waals surface area (Å²) >= 11 is 0. The zero-order valence-electron chi connectivity index (χ0n) is 8.53. The summed E-state index contributed by atoms with van der Waals surface area (Å²) in [6.07, 6.45) is 6.80. The summed E-state index contributed by atoms with van der Waals surface area (Å²) in [7, 11) is 0. The smallest absolute Gasteiger partial charge is 0.0369 e. The van der Waals surface area contributed by atoms with Gasteiger partial charge in [0.25, 0.3) is 0 Å². The van der Waals surface area contributed by atoms with Crippen molar-refractivity contribution in [3.63, 3.8) is 0 Å². The SMILES string of the molecule is C=C/C(NCC)=C1/CCCCC1=C. The Balaban J connectivity index is 2.82. The van der Waals surface area contributed by atoms with Crippen molar-refractivity contribution in [2.24, 2.45) is 0 Å². The minimum absolute atomic E-state index is 0.956. The van der Waals surface area contributed by atoms with E-state index in [-0.39, 0.29) is 0 Å². The Morgan fingerprint density at radius 3 is 2.69 bits per heavy atom. The van der Waals surface area contributed by atoms with Crippen molar-refractivity contribution in [3.05, 3.63) is 36.1 Å². The van der Waals surface area contributed by atoms with E-state index in [0.29, 0.717) is 0 Å². The van der Waals surface area contributed by atoms with Gasteiger partial charge in [0.15, 0.2) is 0 Å². The maximum absolute atomic E-state index is 4.10. The van der Waals surface area contributed by atoms with Crippen LogP contribution in [0, 0.1) is 0 Å². The Morgan fingerprint density at radius 2 is 2.15 bits per heavy atom. The predicted octanol–water partition coefficient (Wildman–Crippen LogP) is 3.17. The largest absolute Gasteiger partial charge is 0.385 e. The van der Waals surface area contributed by atoms with Crippen LogP contribution in [0.15, 0.2) is 36.1 Å². The van der Waals surface area contributed by atoms with Gasteiger partial charge in [0.1, 0.15) is 0 Å². The maximum atomic E-state index is 4.10. The molecular weight excluding hydrogens is 158 g/mol. The third-order valence-corrected chi connectivity index (χ3v) is 2.48. The summed E-state index contributed by atoms with van der Waals surface area (Å²) in [4.78, 5) is 0.